The lowest BCUT2D eigenvalue weighted by molar-refractivity contribution is -0.143. The molecule has 0 aliphatic carbocycles. The fourth-order valence-corrected chi connectivity index (χ4v) is 3.70. The summed E-state index contributed by atoms with van der Waals surface area (Å²) in [4.78, 5) is 27.7. The first kappa shape index (κ1) is 26.2. The fraction of sp³-hybridized carbons (Fsp3) is 0.440. The molecule has 5 nitrogen and oxygen atoms in total. The van der Waals surface area contributed by atoms with Gasteiger partial charge in [0, 0.05) is 22.6 Å². The number of ether oxygens (including phenoxy) is 1. The molecule has 0 aliphatic rings. The Morgan fingerprint density at radius 2 is 1.72 bits per heavy atom. The number of benzene rings is 2. The van der Waals surface area contributed by atoms with Crippen molar-refractivity contribution in [1.29, 1.82) is 0 Å². The zero-order chi connectivity index (χ0) is 23.8. The van der Waals surface area contributed by atoms with Crippen LogP contribution in [0.15, 0.2) is 40.9 Å². The summed E-state index contributed by atoms with van der Waals surface area (Å²) in [7, 11) is 0. The molecule has 32 heavy (non-hydrogen) atoms. The van der Waals surface area contributed by atoms with Crippen LogP contribution in [0.2, 0.25) is 5.02 Å². The van der Waals surface area contributed by atoms with Gasteiger partial charge in [-0.1, -0.05) is 60.4 Å². The van der Waals surface area contributed by atoms with E-state index in [1.807, 2.05) is 58.9 Å². The Labute approximate surface area is 204 Å². The highest BCUT2D eigenvalue weighted by Crippen LogP contribution is 2.26. The molecule has 0 saturated heterocycles. The molecule has 0 saturated carbocycles. The number of carbonyl (C=O) groups is 2. The van der Waals surface area contributed by atoms with Crippen molar-refractivity contribution < 1.29 is 14.3 Å². The van der Waals surface area contributed by atoms with E-state index in [1.54, 1.807) is 17.0 Å². The van der Waals surface area contributed by atoms with Crippen molar-refractivity contribution >= 4 is 39.3 Å². The molecule has 2 amide bonds. The third kappa shape index (κ3) is 7.52. The largest absolute Gasteiger partial charge is 0.484 e. The predicted octanol–water partition coefficient (Wildman–Crippen LogP) is 5.68. The fourth-order valence-electron chi connectivity index (χ4n) is 3.35. The van der Waals surface area contributed by atoms with Crippen molar-refractivity contribution in [3.63, 3.8) is 0 Å². The Morgan fingerprint density at radius 1 is 1.12 bits per heavy atom. The number of halogens is 2. The van der Waals surface area contributed by atoms with Crippen LogP contribution in [-0.2, 0) is 16.1 Å². The summed E-state index contributed by atoms with van der Waals surface area (Å²) in [5.74, 6) is 0.549. The van der Waals surface area contributed by atoms with Crippen molar-refractivity contribution in [3.05, 3.63) is 62.6 Å². The maximum Gasteiger partial charge on any atom is 0.261 e. The quantitative estimate of drug-likeness (QED) is 0.436. The van der Waals surface area contributed by atoms with E-state index in [0.29, 0.717) is 36.2 Å². The van der Waals surface area contributed by atoms with E-state index in [1.165, 1.54) is 0 Å². The average Bonchev–Trinajstić information content (AvgIpc) is 2.75. The summed E-state index contributed by atoms with van der Waals surface area (Å²) in [6.07, 6.45) is 0.500. The Morgan fingerprint density at radius 3 is 2.25 bits per heavy atom. The van der Waals surface area contributed by atoms with Gasteiger partial charge in [0.2, 0.25) is 5.91 Å². The molecule has 0 unspecified atom stereocenters. The van der Waals surface area contributed by atoms with Crippen LogP contribution in [0.5, 0.6) is 5.75 Å². The third-order valence-corrected chi connectivity index (χ3v) is 6.61. The number of aryl methyl sites for hydroxylation is 2. The van der Waals surface area contributed by atoms with Gasteiger partial charge in [-0.25, -0.2) is 0 Å². The topological polar surface area (TPSA) is 58.6 Å². The minimum absolute atomic E-state index is 0.151. The van der Waals surface area contributed by atoms with Gasteiger partial charge in [0.1, 0.15) is 11.8 Å². The Hall–Kier alpha value is -2.05. The molecule has 1 N–H and O–H groups in total. The molecule has 0 fully saturated rings. The Balaban J connectivity index is 2.22. The second-order valence-electron chi connectivity index (χ2n) is 8.37. The SMILES string of the molecule is CC[C@@H](C(=O)NCC(C)C)N(Cc1ccc(Cl)cc1)C(=O)COc1cc(C)c(Br)c(C)c1. The highest BCUT2D eigenvalue weighted by molar-refractivity contribution is 9.10. The maximum absolute atomic E-state index is 13.3. The lowest BCUT2D eigenvalue weighted by atomic mass is 10.1. The highest BCUT2D eigenvalue weighted by Gasteiger charge is 2.29. The van der Waals surface area contributed by atoms with Crippen molar-refractivity contribution in [2.75, 3.05) is 13.2 Å². The number of carbonyl (C=O) groups excluding carboxylic acids is 2. The van der Waals surface area contributed by atoms with E-state index in [-0.39, 0.29) is 18.4 Å². The van der Waals surface area contributed by atoms with Crippen LogP contribution >= 0.6 is 27.5 Å². The van der Waals surface area contributed by atoms with Gasteiger partial charge in [-0.3, -0.25) is 9.59 Å². The Bertz CT molecular complexity index is 908. The van der Waals surface area contributed by atoms with Crippen LogP contribution in [0.1, 0.15) is 43.9 Å². The van der Waals surface area contributed by atoms with E-state index in [9.17, 15) is 9.59 Å². The first-order chi connectivity index (χ1) is 15.1. The molecule has 0 radical (unpaired) electrons. The molecular weight excluding hydrogens is 492 g/mol. The van der Waals surface area contributed by atoms with E-state index in [0.717, 1.165) is 21.2 Å². The number of nitrogens with zero attached hydrogens (tertiary/aromatic N) is 1. The van der Waals surface area contributed by atoms with Crippen molar-refractivity contribution in [2.45, 2.75) is 53.6 Å². The molecule has 2 rings (SSSR count). The van der Waals surface area contributed by atoms with Crippen molar-refractivity contribution in [2.24, 2.45) is 5.92 Å². The average molecular weight is 524 g/mol. The van der Waals surface area contributed by atoms with Gasteiger partial charge in [-0.05, 0) is 67.1 Å². The van der Waals surface area contributed by atoms with Crippen molar-refractivity contribution in [1.82, 2.24) is 10.2 Å². The molecule has 174 valence electrons. The first-order valence-corrected chi connectivity index (χ1v) is 12.0. The predicted molar refractivity (Wildman–Crippen MR) is 133 cm³/mol. The van der Waals surface area contributed by atoms with Crippen LogP contribution < -0.4 is 10.1 Å². The zero-order valence-electron chi connectivity index (χ0n) is 19.4. The molecule has 0 bridgehead atoms. The summed E-state index contributed by atoms with van der Waals surface area (Å²) >= 11 is 9.55. The minimum Gasteiger partial charge on any atom is -0.484 e. The smallest absolute Gasteiger partial charge is 0.261 e. The highest BCUT2D eigenvalue weighted by atomic mass is 79.9. The normalized spacial score (nSPS) is 11.9. The van der Waals surface area contributed by atoms with Crippen LogP contribution in [0.3, 0.4) is 0 Å². The number of amides is 2. The van der Waals surface area contributed by atoms with Crippen LogP contribution in [-0.4, -0.2) is 35.9 Å². The molecule has 0 heterocycles. The number of nitrogens with one attached hydrogen (secondary N) is 1. The van der Waals surface area contributed by atoms with Crippen LogP contribution in [0, 0.1) is 19.8 Å². The third-order valence-electron chi connectivity index (χ3n) is 5.11. The molecule has 7 heteroatoms. The molecule has 0 spiro atoms. The number of hydrogen-bond donors (Lipinski definition) is 1. The first-order valence-electron chi connectivity index (χ1n) is 10.8. The van der Waals surface area contributed by atoms with Crippen molar-refractivity contribution in [3.8, 4) is 5.75 Å². The van der Waals surface area contributed by atoms with Gasteiger partial charge in [0.25, 0.3) is 5.91 Å². The summed E-state index contributed by atoms with van der Waals surface area (Å²) in [6, 6.07) is 10.5. The number of hydrogen-bond acceptors (Lipinski definition) is 3. The van der Waals surface area contributed by atoms with Crippen LogP contribution in [0.4, 0.5) is 0 Å². The zero-order valence-corrected chi connectivity index (χ0v) is 21.7. The second kappa shape index (κ2) is 12.3. The van der Waals surface area contributed by atoms with Crippen LogP contribution in [0.25, 0.3) is 0 Å². The van der Waals surface area contributed by atoms with Gasteiger partial charge >= 0.3 is 0 Å². The van der Waals surface area contributed by atoms with Gasteiger partial charge in [-0.15, -0.1) is 0 Å². The molecule has 1 atom stereocenters. The second-order valence-corrected chi connectivity index (χ2v) is 9.60. The van der Waals surface area contributed by atoms with Gasteiger partial charge in [-0.2, -0.15) is 0 Å². The molecule has 2 aromatic carbocycles. The van der Waals surface area contributed by atoms with E-state index < -0.39 is 6.04 Å². The molecule has 2 aromatic rings. The summed E-state index contributed by atoms with van der Waals surface area (Å²) in [6.45, 7) is 10.6. The molecule has 0 aromatic heterocycles. The van der Waals surface area contributed by atoms with E-state index in [2.05, 4.69) is 21.2 Å². The molecule has 0 aliphatic heterocycles. The lowest BCUT2D eigenvalue weighted by Gasteiger charge is -2.31. The summed E-state index contributed by atoms with van der Waals surface area (Å²) in [5.41, 5.74) is 2.96. The van der Waals surface area contributed by atoms with Gasteiger partial charge in [0.05, 0.1) is 0 Å². The standard InChI is InChI=1S/C25H32BrClN2O3/c1-6-22(25(31)28-13-16(2)3)29(14-19-7-9-20(27)10-8-19)23(30)15-32-21-11-17(4)24(26)18(5)12-21/h7-12,16,22H,6,13-15H2,1-5H3,(H,28,31)/t22-/m0/s1. The van der Waals surface area contributed by atoms with Gasteiger partial charge < -0.3 is 15.0 Å². The van der Waals surface area contributed by atoms with E-state index in [4.69, 9.17) is 16.3 Å². The molecular formula is C25H32BrClN2O3. The monoisotopic (exact) mass is 522 g/mol. The summed E-state index contributed by atoms with van der Waals surface area (Å²) < 4.78 is 6.85. The lowest BCUT2D eigenvalue weighted by Crippen LogP contribution is -2.50. The number of rotatable bonds is 10. The maximum atomic E-state index is 13.3. The Kier molecular flexibility index (Phi) is 10.0. The minimum atomic E-state index is -0.589. The van der Waals surface area contributed by atoms with E-state index >= 15 is 0 Å². The van der Waals surface area contributed by atoms with Gasteiger partial charge in [0.15, 0.2) is 6.61 Å². The summed E-state index contributed by atoms with van der Waals surface area (Å²) in [5, 5.41) is 3.58.